The van der Waals surface area contributed by atoms with Crippen molar-refractivity contribution in [3.63, 3.8) is 0 Å². The van der Waals surface area contributed by atoms with E-state index in [4.69, 9.17) is 14.5 Å². The third-order valence-corrected chi connectivity index (χ3v) is 8.66. The van der Waals surface area contributed by atoms with Crippen molar-refractivity contribution in [3.8, 4) is 28.7 Å². The fraction of sp³-hybridized carbons (Fsp3) is 0. The Morgan fingerprint density at radius 3 is 1.93 bits per heavy atom. The van der Waals surface area contributed by atoms with E-state index in [9.17, 15) is 0 Å². The van der Waals surface area contributed by atoms with Crippen molar-refractivity contribution < 1.29 is 9.47 Å². The average molecular weight is 525 g/mol. The summed E-state index contributed by atoms with van der Waals surface area (Å²) >= 11 is 0. The van der Waals surface area contributed by atoms with Crippen LogP contribution in [0.2, 0.25) is 0 Å². The van der Waals surface area contributed by atoms with E-state index in [-0.39, 0.29) is 6.71 Å². The van der Waals surface area contributed by atoms with Crippen molar-refractivity contribution in [1.82, 2.24) is 9.55 Å². The summed E-state index contributed by atoms with van der Waals surface area (Å²) in [6.07, 6.45) is 1.85. The van der Waals surface area contributed by atoms with Crippen molar-refractivity contribution in [2.75, 3.05) is 4.90 Å². The first-order valence-corrected chi connectivity index (χ1v) is 13.8. The van der Waals surface area contributed by atoms with Crippen molar-refractivity contribution in [2.24, 2.45) is 0 Å². The first-order chi connectivity index (χ1) is 20.3. The molecule has 41 heavy (non-hydrogen) atoms. The van der Waals surface area contributed by atoms with Gasteiger partial charge in [-0.25, -0.2) is 0 Å². The summed E-state index contributed by atoms with van der Waals surface area (Å²) in [5.41, 5.74) is 11.0. The van der Waals surface area contributed by atoms with Gasteiger partial charge in [-0.3, -0.25) is 4.98 Å². The summed E-state index contributed by atoms with van der Waals surface area (Å²) in [5, 5.41) is 1.12. The Balaban J connectivity index is 1.26. The third kappa shape index (κ3) is 2.69. The van der Waals surface area contributed by atoms with Gasteiger partial charge in [-0.1, -0.05) is 48.5 Å². The Morgan fingerprint density at radius 2 is 1.20 bits per heavy atom. The van der Waals surface area contributed by atoms with Gasteiger partial charge in [0.25, 0.3) is 6.71 Å². The Bertz CT molecular complexity index is 2110. The van der Waals surface area contributed by atoms with Crippen LogP contribution in [0.15, 0.2) is 121 Å². The number of fused-ring (bicyclic) bond motifs is 3. The van der Waals surface area contributed by atoms with E-state index in [1.54, 1.807) is 0 Å². The molecule has 0 saturated heterocycles. The molecule has 0 saturated carbocycles. The number of hydrogen-bond acceptors (Lipinski definition) is 4. The predicted octanol–water partition coefficient (Wildman–Crippen LogP) is 6.69. The molecule has 0 atom stereocenters. The van der Waals surface area contributed by atoms with Crippen LogP contribution >= 0.6 is 0 Å². The number of para-hydroxylation sites is 2. The average Bonchev–Trinajstić information content (AvgIpc) is 3.36. The van der Waals surface area contributed by atoms with Gasteiger partial charge in [-0.15, -0.1) is 0 Å². The molecule has 0 bridgehead atoms. The quantitative estimate of drug-likeness (QED) is 0.236. The number of nitrogens with zero attached hydrogens (tertiary/aromatic N) is 3. The first kappa shape index (κ1) is 21.4. The molecule has 3 aliphatic rings. The minimum atomic E-state index is 0.0220. The topological polar surface area (TPSA) is 39.5 Å². The van der Waals surface area contributed by atoms with Crippen LogP contribution in [0.25, 0.3) is 27.6 Å². The molecule has 6 heteroatoms. The summed E-state index contributed by atoms with van der Waals surface area (Å²) in [4.78, 5) is 7.06. The van der Waals surface area contributed by atoms with Crippen LogP contribution in [-0.4, -0.2) is 16.3 Å². The summed E-state index contributed by atoms with van der Waals surface area (Å²) in [6, 6.07) is 40.1. The number of pyridine rings is 1. The summed E-state index contributed by atoms with van der Waals surface area (Å²) in [6.45, 7) is 0.0220. The lowest BCUT2D eigenvalue weighted by Gasteiger charge is -2.42. The molecule has 0 fully saturated rings. The van der Waals surface area contributed by atoms with Crippen LogP contribution in [0.1, 0.15) is 0 Å². The molecule has 5 aromatic carbocycles. The molecule has 5 heterocycles. The van der Waals surface area contributed by atoms with Gasteiger partial charge in [0.05, 0.1) is 22.2 Å². The zero-order chi connectivity index (χ0) is 26.7. The molecular formula is C35H20BN3O2. The van der Waals surface area contributed by atoms with E-state index in [1.165, 1.54) is 10.9 Å². The summed E-state index contributed by atoms with van der Waals surface area (Å²) < 4.78 is 15.8. The lowest BCUT2D eigenvalue weighted by Crippen LogP contribution is -2.61. The molecule has 0 aliphatic carbocycles. The van der Waals surface area contributed by atoms with Gasteiger partial charge in [-0.2, -0.15) is 0 Å². The van der Waals surface area contributed by atoms with Gasteiger partial charge >= 0.3 is 0 Å². The first-order valence-electron chi connectivity index (χ1n) is 13.8. The minimum absolute atomic E-state index is 0.0220. The molecule has 190 valence electrons. The molecule has 0 spiro atoms. The Hall–Kier alpha value is -5.49. The SMILES string of the molecule is c1ccc(N2c3cccc4c3B3c5c(cc(-n6c7ccccc7c7ncccc76)cc5Oc5cccc2c53)O4)cc1. The molecule has 0 N–H and O–H groups in total. The highest BCUT2D eigenvalue weighted by Gasteiger charge is 2.47. The zero-order valence-corrected chi connectivity index (χ0v) is 21.8. The van der Waals surface area contributed by atoms with Gasteiger partial charge in [0.15, 0.2) is 0 Å². The maximum Gasteiger partial charge on any atom is 0.266 e. The number of aromatic nitrogens is 2. The van der Waals surface area contributed by atoms with Crippen molar-refractivity contribution in [1.29, 1.82) is 0 Å². The van der Waals surface area contributed by atoms with Gasteiger partial charge in [-0.05, 0) is 65.5 Å². The molecule has 0 amide bonds. The summed E-state index contributed by atoms with van der Waals surface area (Å²) in [5.74, 6) is 3.43. The molecule has 0 unspecified atom stereocenters. The highest BCUT2D eigenvalue weighted by Crippen LogP contribution is 2.46. The van der Waals surface area contributed by atoms with Crippen LogP contribution in [0.4, 0.5) is 17.1 Å². The molecule has 0 radical (unpaired) electrons. The van der Waals surface area contributed by atoms with Crippen LogP contribution in [0.3, 0.4) is 0 Å². The number of anilines is 3. The van der Waals surface area contributed by atoms with Gasteiger partial charge in [0.2, 0.25) is 0 Å². The highest BCUT2D eigenvalue weighted by molar-refractivity contribution is 7.00. The number of ether oxygens (including phenoxy) is 2. The van der Waals surface area contributed by atoms with Crippen molar-refractivity contribution >= 4 is 62.1 Å². The molecule has 7 aromatic rings. The Labute approximate surface area is 235 Å². The third-order valence-electron chi connectivity index (χ3n) is 8.66. The minimum Gasteiger partial charge on any atom is -0.458 e. The fourth-order valence-corrected chi connectivity index (χ4v) is 7.10. The largest absolute Gasteiger partial charge is 0.458 e. The molecule has 10 rings (SSSR count). The normalized spacial score (nSPS) is 13.7. The number of hydrogen-bond donors (Lipinski definition) is 0. The maximum atomic E-state index is 6.76. The van der Waals surface area contributed by atoms with E-state index in [2.05, 4.69) is 119 Å². The molecule has 2 aromatic heterocycles. The smallest absolute Gasteiger partial charge is 0.266 e. The van der Waals surface area contributed by atoms with Crippen molar-refractivity contribution in [3.05, 3.63) is 121 Å². The molecular weight excluding hydrogens is 505 g/mol. The van der Waals surface area contributed by atoms with E-state index in [0.717, 1.165) is 73.1 Å². The predicted molar refractivity (Wildman–Crippen MR) is 165 cm³/mol. The van der Waals surface area contributed by atoms with Crippen LogP contribution in [0.5, 0.6) is 23.0 Å². The zero-order valence-electron chi connectivity index (χ0n) is 21.8. The van der Waals surface area contributed by atoms with Crippen LogP contribution in [0, 0.1) is 0 Å². The lowest BCUT2D eigenvalue weighted by atomic mass is 9.33. The fourth-order valence-electron chi connectivity index (χ4n) is 7.10. The van der Waals surface area contributed by atoms with E-state index < -0.39 is 0 Å². The lowest BCUT2D eigenvalue weighted by molar-refractivity contribution is 0.464. The Kier molecular flexibility index (Phi) is 3.95. The van der Waals surface area contributed by atoms with Crippen LogP contribution < -0.4 is 30.8 Å². The highest BCUT2D eigenvalue weighted by atomic mass is 16.5. The standard InChI is InChI=1S/C35H20BN3O2/c1-2-9-21(10-3-1)38-25-13-6-16-28-32(25)36-33-26(38)14-7-17-29(33)41-31-20-22(19-30(40-28)34(31)36)39-24-12-5-4-11-23(24)35-27(39)15-8-18-37-35/h1-20H. The Morgan fingerprint density at radius 1 is 0.537 bits per heavy atom. The molecule has 3 aliphatic heterocycles. The maximum absolute atomic E-state index is 6.76. The van der Waals surface area contributed by atoms with Gasteiger partial charge in [0.1, 0.15) is 23.0 Å². The van der Waals surface area contributed by atoms with Crippen LogP contribution in [-0.2, 0) is 0 Å². The second-order valence-electron chi connectivity index (χ2n) is 10.8. The van der Waals surface area contributed by atoms with E-state index in [1.807, 2.05) is 12.3 Å². The van der Waals surface area contributed by atoms with Crippen molar-refractivity contribution in [2.45, 2.75) is 0 Å². The second-order valence-corrected chi connectivity index (χ2v) is 10.8. The number of benzene rings is 5. The van der Waals surface area contributed by atoms with Gasteiger partial charge in [0, 0.05) is 46.2 Å². The number of rotatable bonds is 2. The van der Waals surface area contributed by atoms with Gasteiger partial charge < -0.3 is 18.9 Å². The monoisotopic (exact) mass is 525 g/mol. The second kappa shape index (κ2) is 7.58. The van der Waals surface area contributed by atoms with E-state index in [0.29, 0.717) is 0 Å². The molecule has 5 nitrogen and oxygen atoms in total. The van der Waals surface area contributed by atoms with E-state index >= 15 is 0 Å². The summed E-state index contributed by atoms with van der Waals surface area (Å²) in [7, 11) is 0.